The van der Waals surface area contributed by atoms with Crippen LogP contribution >= 0.6 is 11.6 Å². The van der Waals surface area contributed by atoms with Gasteiger partial charge in [-0.3, -0.25) is 24.1 Å². The number of ether oxygens (including phenoxy) is 2. The van der Waals surface area contributed by atoms with E-state index >= 15 is 0 Å². The van der Waals surface area contributed by atoms with E-state index < -0.39 is 23.7 Å². The highest BCUT2D eigenvalue weighted by molar-refractivity contribution is 6.31. The summed E-state index contributed by atoms with van der Waals surface area (Å²) in [5, 5.41) is 10.8. The van der Waals surface area contributed by atoms with Crippen molar-refractivity contribution in [2.75, 3.05) is 19.1 Å². The first-order chi connectivity index (χ1) is 20.1. The van der Waals surface area contributed by atoms with Gasteiger partial charge in [-0.2, -0.15) is 0 Å². The number of aromatic hydroxyl groups is 1. The van der Waals surface area contributed by atoms with Gasteiger partial charge in [0.25, 0.3) is 0 Å². The third kappa shape index (κ3) is 4.29. The molecule has 4 atom stereocenters. The number of benzene rings is 2. The molecule has 4 aliphatic rings. The van der Waals surface area contributed by atoms with Gasteiger partial charge >= 0.3 is 0 Å². The largest absolute Gasteiger partial charge is 0.502 e. The molecule has 1 fully saturated rings. The fourth-order valence-electron chi connectivity index (χ4n) is 6.70. The van der Waals surface area contributed by atoms with Crippen molar-refractivity contribution in [2.24, 2.45) is 23.7 Å². The third-order valence-electron chi connectivity index (χ3n) is 8.68. The highest BCUT2D eigenvalue weighted by Crippen LogP contribution is 2.53. The predicted octanol–water partition coefficient (Wildman–Crippen LogP) is 5.24. The number of rotatable bonds is 5. The maximum atomic E-state index is 13.9. The Hall–Kier alpha value is -4.43. The zero-order valence-electron chi connectivity index (χ0n) is 23.2. The molecule has 1 aliphatic heterocycles. The van der Waals surface area contributed by atoms with Gasteiger partial charge in [0, 0.05) is 27.7 Å². The Bertz CT molecular complexity index is 1660. The summed E-state index contributed by atoms with van der Waals surface area (Å²) in [7, 11) is 2.87. The Kier molecular flexibility index (Phi) is 6.89. The lowest BCUT2D eigenvalue weighted by atomic mass is 9.60. The molecular weight excluding hydrogens is 558 g/mol. The lowest BCUT2D eigenvalue weighted by molar-refractivity contribution is -0.123. The second-order valence-corrected chi connectivity index (χ2v) is 11.3. The minimum atomic E-state index is -0.665. The van der Waals surface area contributed by atoms with E-state index in [1.807, 2.05) is 12.2 Å². The Morgan fingerprint density at radius 2 is 1.64 bits per heavy atom. The number of phenolic OH excluding ortho intramolecular Hbond substituents is 1. The fourth-order valence-corrected chi connectivity index (χ4v) is 6.83. The quantitative estimate of drug-likeness (QED) is 0.290. The van der Waals surface area contributed by atoms with Gasteiger partial charge in [0.15, 0.2) is 23.1 Å². The average Bonchev–Trinajstić information content (AvgIpc) is 3.24. The average molecular weight is 586 g/mol. The van der Waals surface area contributed by atoms with Gasteiger partial charge in [0.1, 0.15) is 0 Å². The van der Waals surface area contributed by atoms with E-state index in [4.69, 9.17) is 21.1 Å². The van der Waals surface area contributed by atoms with Crippen LogP contribution in [-0.2, 0) is 19.2 Å². The standard InChI is InChI=1S/C33H28ClNO7/c1-16-12-25(36)24-15-23-20(10-11-22-29(23)33(40)35(32(22)39)19-7-5-18(34)6-8-19)21(28(24)30(16)37)9-4-17-13-26(41-2)31(38)27(14-17)42-3/h4-10,12-14,21-23,29,38H,11,15H2,1-3H3/t21-,22-,23+,29-/m0/s1. The number of ketones is 2. The summed E-state index contributed by atoms with van der Waals surface area (Å²) < 4.78 is 10.6. The van der Waals surface area contributed by atoms with Crippen LogP contribution in [0.1, 0.15) is 25.3 Å². The van der Waals surface area contributed by atoms with E-state index in [1.54, 1.807) is 49.4 Å². The Balaban J connectivity index is 1.43. The van der Waals surface area contributed by atoms with Crippen LogP contribution in [0.5, 0.6) is 17.2 Å². The molecule has 1 N–H and O–H groups in total. The van der Waals surface area contributed by atoms with Gasteiger partial charge in [0.05, 0.1) is 31.7 Å². The monoisotopic (exact) mass is 585 g/mol. The van der Waals surface area contributed by atoms with Crippen molar-refractivity contribution in [1.29, 1.82) is 0 Å². The molecule has 3 aliphatic carbocycles. The zero-order valence-corrected chi connectivity index (χ0v) is 24.0. The van der Waals surface area contributed by atoms with E-state index in [0.29, 0.717) is 39.4 Å². The molecule has 0 saturated carbocycles. The summed E-state index contributed by atoms with van der Waals surface area (Å²) in [5.74, 6) is -3.00. The van der Waals surface area contributed by atoms with Crippen molar-refractivity contribution < 1.29 is 33.8 Å². The first kappa shape index (κ1) is 27.7. The van der Waals surface area contributed by atoms with E-state index in [1.165, 1.54) is 25.2 Å². The molecule has 42 heavy (non-hydrogen) atoms. The number of carbonyl (C=O) groups excluding carboxylic acids is 4. The maximum Gasteiger partial charge on any atom is 0.238 e. The van der Waals surface area contributed by atoms with E-state index in [9.17, 15) is 24.3 Å². The molecule has 0 unspecified atom stereocenters. The summed E-state index contributed by atoms with van der Waals surface area (Å²) in [6.07, 6.45) is 7.48. The van der Waals surface area contributed by atoms with Crippen LogP contribution in [0.4, 0.5) is 5.69 Å². The first-order valence-electron chi connectivity index (χ1n) is 13.6. The highest BCUT2D eigenvalue weighted by atomic mass is 35.5. The van der Waals surface area contributed by atoms with Crippen LogP contribution in [0.2, 0.25) is 5.02 Å². The molecule has 1 saturated heterocycles. The number of amides is 2. The number of methoxy groups -OCH3 is 2. The van der Waals surface area contributed by atoms with Gasteiger partial charge in [0.2, 0.25) is 17.6 Å². The highest BCUT2D eigenvalue weighted by Gasteiger charge is 2.56. The number of imide groups is 1. The number of halogens is 1. The lowest BCUT2D eigenvalue weighted by Gasteiger charge is -2.41. The number of phenols is 1. The fraction of sp³-hybridized carbons (Fsp3) is 0.273. The Morgan fingerprint density at radius 3 is 2.29 bits per heavy atom. The van der Waals surface area contributed by atoms with Crippen LogP contribution in [-0.4, -0.2) is 42.7 Å². The number of fused-ring (bicyclic) bond motifs is 3. The number of anilines is 1. The molecule has 6 rings (SSSR count). The molecule has 0 radical (unpaired) electrons. The molecule has 0 bridgehead atoms. The van der Waals surface area contributed by atoms with Gasteiger partial charge in [-0.25, -0.2) is 0 Å². The number of carbonyl (C=O) groups is 4. The minimum absolute atomic E-state index is 0.135. The molecule has 2 aromatic carbocycles. The van der Waals surface area contributed by atoms with Gasteiger partial charge in [-0.1, -0.05) is 35.4 Å². The number of Topliss-reactive ketones (excluding diaryl/α,β-unsaturated/α-hetero) is 1. The molecular formula is C33H28ClNO7. The van der Waals surface area contributed by atoms with Crippen molar-refractivity contribution in [1.82, 2.24) is 0 Å². The molecule has 8 nitrogen and oxygen atoms in total. The van der Waals surface area contributed by atoms with Crippen LogP contribution in [0, 0.1) is 23.7 Å². The van der Waals surface area contributed by atoms with Crippen molar-refractivity contribution in [3.8, 4) is 17.2 Å². The van der Waals surface area contributed by atoms with Crippen molar-refractivity contribution >= 4 is 46.7 Å². The molecule has 0 spiro atoms. The topological polar surface area (TPSA) is 110 Å². The zero-order chi connectivity index (χ0) is 29.9. The predicted molar refractivity (Wildman–Crippen MR) is 156 cm³/mol. The number of allylic oxidation sites excluding steroid dienone is 7. The van der Waals surface area contributed by atoms with E-state index in [-0.39, 0.29) is 47.1 Å². The SMILES string of the molecule is COc1cc(C=C[C@H]2C3=CC[C@@H]4C(=O)N(c5ccc(Cl)cc5)C(=O)[C@@H]4[C@@H]3CC3=C2C(=O)C(C)=CC3=O)cc(OC)c1O. The second-order valence-electron chi connectivity index (χ2n) is 10.9. The summed E-state index contributed by atoms with van der Waals surface area (Å²) in [4.78, 5) is 55.4. The van der Waals surface area contributed by atoms with Gasteiger partial charge in [-0.15, -0.1) is 0 Å². The number of nitrogens with zero attached hydrogens (tertiary/aromatic N) is 1. The van der Waals surface area contributed by atoms with E-state index in [2.05, 4.69) is 0 Å². The lowest BCUT2D eigenvalue weighted by Crippen LogP contribution is -2.40. The molecule has 0 aromatic heterocycles. The Labute approximate surface area is 247 Å². The number of hydrogen-bond donors (Lipinski definition) is 1. The van der Waals surface area contributed by atoms with Crippen LogP contribution < -0.4 is 14.4 Å². The first-order valence-corrected chi connectivity index (χ1v) is 14.0. The summed E-state index contributed by atoms with van der Waals surface area (Å²) in [5.41, 5.74) is 3.09. The molecule has 2 aromatic rings. The number of hydrogen-bond acceptors (Lipinski definition) is 7. The van der Waals surface area contributed by atoms with Crippen LogP contribution in [0.3, 0.4) is 0 Å². The van der Waals surface area contributed by atoms with Gasteiger partial charge < -0.3 is 14.6 Å². The van der Waals surface area contributed by atoms with Crippen molar-refractivity contribution in [3.05, 3.63) is 87.5 Å². The van der Waals surface area contributed by atoms with Crippen LogP contribution in [0.25, 0.3) is 6.08 Å². The summed E-state index contributed by atoms with van der Waals surface area (Å²) in [6.45, 7) is 1.63. The minimum Gasteiger partial charge on any atom is -0.502 e. The normalized spacial score (nSPS) is 25.3. The Morgan fingerprint density at radius 1 is 0.976 bits per heavy atom. The van der Waals surface area contributed by atoms with Crippen molar-refractivity contribution in [3.63, 3.8) is 0 Å². The summed E-state index contributed by atoms with van der Waals surface area (Å²) >= 11 is 6.04. The second kappa shape index (κ2) is 10.4. The smallest absolute Gasteiger partial charge is 0.238 e. The maximum absolute atomic E-state index is 13.9. The molecule has 2 amide bonds. The van der Waals surface area contributed by atoms with E-state index in [0.717, 1.165) is 5.57 Å². The molecule has 214 valence electrons. The molecule has 9 heteroatoms. The van der Waals surface area contributed by atoms with Gasteiger partial charge in [-0.05, 0) is 73.7 Å². The molecule has 1 heterocycles. The van der Waals surface area contributed by atoms with Crippen LogP contribution in [0.15, 0.2) is 76.9 Å². The summed E-state index contributed by atoms with van der Waals surface area (Å²) in [6, 6.07) is 9.84. The van der Waals surface area contributed by atoms with Crippen molar-refractivity contribution in [2.45, 2.75) is 19.8 Å². The third-order valence-corrected chi connectivity index (χ3v) is 8.93.